The summed E-state index contributed by atoms with van der Waals surface area (Å²) in [4.78, 5) is 4.15. The minimum atomic E-state index is 0.732. The van der Waals surface area contributed by atoms with E-state index in [1.54, 1.807) is 5.51 Å². The second-order valence-corrected chi connectivity index (χ2v) is 3.70. The summed E-state index contributed by atoms with van der Waals surface area (Å²) in [6, 6.07) is 0.732. The van der Waals surface area contributed by atoms with Gasteiger partial charge in [0.15, 0.2) is 0 Å². The van der Waals surface area contributed by atoms with Crippen LogP contribution < -0.4 is 11.1 Å². The minimum Gasteiger partial charge on any atom is -0.389 e. The van der Waals surface area contributed by atoms with Gasteiger partial charge in [-0.25, -0.2) is 4.98 Å². The average molecular weight is 169 g/mol. The maximum absolute atomic E-state index is 5.66. The third-order valence-corrected chi connectivity index (χ3v) is 2.51. The lowest BCUT2D eigenvalue weighted by atomic mass is 10.4. The highest BCUT2D eigenvalue weighted by Gasteiger charge is 2.20. The number of thiazole rings is 1. The molecule has 1 aromatic rings. The van der Waals surface area contributed by atoms with Gasteiger partial charge in [0.2, 0.25) is 0 Å². The second-order valence-electron chi connectivity index (χ2n) is 2.82. The molecule has 1 fully saturated rings. The molecule has 11 heavy (non-hydrogen) atoms. The van der Waals surface area contributed by atoms with Crippen molar-refractivity contribution in [1.82, 2.24) is 10.3 Å². The Kier molecular flexibility index (Phi) is 1.79. The second kappa shape index (κ2) is 2.79. The molecular formula is C7H11N3S. The van der Waals surface area contributed by atoms with Gasteiger partial charge < -0.3 is 11.1 Å². The summed E-state index contributed by atoms with van der Waals surface area (Å²) in [6.45, 7) is 0.833. The first kappa shape index (κ1) is 7.06. The maximum Gasteiger partial charge on any atom is 0.110 e. The molecule has 3 nitrogen and oxygen atoms in total. The Labute approximate surface area is 69.6 Å². The zero-order valence-electron chi connectivity index (χ0n) is 6.21. The topological polar surface area (TPSA) is 50.9 Å². The van der Waals surface area contributed by atoms with Gasteiger partial charge in [0.25, 0.3) is 0 Å². The molecule has 0 saturated heterocycles. The Morgan fingerprint density at radius 3 is 3.09 bits per heavy atom. The van der Waals surface area contributed by atoms with Crippen molar-refractivity contribution in [3.63, 3.8) is 0 Å². The molecule has 0 atom stereocenters. The summed E-state index contributed by atoms with van der Waals surface area (Å²) in [5.74, 6) is 0. The van der Waals surface area contributed by atoms with Gasteiger partial charge in [-0.05, 0) is 12.8 Å². The fraction of sp³-hybridized carbons (Fsp3) is 0.571. The quantitative estimate of drug-likeness (QED) is 0.709. The number of anilines is 1. The van der Waals surface area contributed by atoms with Crippen LogP contribution in [0.4, 0.5) is 5.00 Å². The highest BCUT2D eigenvalue weighted by atomic mass is 32.1. The molecule has 0 bridgehead atoms. The monoisotopic (exact) mass is 169 g/mol. The molecule has 0 aromatic carbocycles. The highest BCUT2D eigenvalue weighted by Crippen LogP contribution is 2.21. The molecule has 3 N–H and O–H groups in total. The van der Waals surface area contributed by atoms with E-state index in [0.717, 1.165) is 23.3 Å². The summed E-state index contributed by atoms with van der Waals surface area (Å²) in [6.07, 6.45) is 2.62. The average Bonchev–Trinajstić information content (AvgIpc) is 2.73. The number of nitrogen functional groups attached to an aromatic ring is 1. The molecule has 0 aliphatic heterocycles. The molecular weight excluding hydrogens is 158 g/mol. The van der Waals surface area contributed by atoms with Crippen molar-refractivity contribution >= 4 is 16.3 Å². The third-order valence-electron chi connectivity index (χ3n) is 1.81. The summed E-state index contributed by atoms with van der Waals surface area (Å²) < 4.78 is 0. The number of aromatic nitrogens is 1. The van der Waals surface area contributed by atoms with Crippen molar-refractivity contribution in [2.24, 2.45) is 0 Å². The summed E-state index contributed by atoms with van der Waals surface area (Å²) in [5.41, 5.74) is 8.46. The first-order chi connectivity index (χ1) is 5.36. The highest BCUT2D eigenvalue weighted by molar-refractivity contribution is 7.13. The van der Waals surface area contributed by atoms with Crippen molar-refractivity contribution in [2.45, 2.75) is 25.4 Å². The smallest absolute Gasteiger partial charge is 0.110 e. The van der Waals surface area contributed by atoms with E-state index in [1.165, 1.54) is 24.2 Å². The van der Waals surface area contributed by atoms with Crippen LogP contribution >= 0.6 is 11.3 Å². The number of hydrogen-bond donors (Lipinski definition) is 2. The predicted molar refractivity (Wildman–Crippen MR) is 46.4 cm³/mol. The van der Waals surface area contributed by atoms with Gasteiger partial charge in [-0.2, -0.15) is 0 Å². The van der Waals surface area contributed by atoms with E-state index >= 15 is 0 Å². The molecule has 0 unspecified atom stereocenters. The largest absolute Gasteiger partial charge is 0.389 e. The zero-order chi connectivity index (χ0) is 7.68. The van der Waals surface area contributed by atoms with Crippen LogP contribution in [-0.4, -0.2) is 11.0 Å². The van der Waals surface area contributed by atoms with Crippen LogP contribution in [0.15, 0.2) is 5.51 Å². The normalized spacial score (nSPS) is 17.1. The van der Waals surface area contributed by atoms with Crippen molar-refractivity contribution in [3.8, 4) is 0 Å². The lowest BCUT2D eigenvalue weighted by Crippen LogP contribution is -2.16. The molecule has 1 aliphatic carbocycles. The SMILES string of the molecule is Nc1scnc1CNC1CC1. The predicted octanol–water partition coefficient (Wildman–Crippen LogP) is 0.977. The van der Waals surface area contributed by atoms with E-state index in [1.807, 2.05) is 0 Å². The summed E-state index contributed by atoms with van der Waals surface area (Å²) in [7, 11) is 0. The molecule has 4 heteroatoms. The van der Waals surface area contributed by atoms with Crippen LogP contribution in [0, 0.1) is 0 Å². The lowest BCUT2D eigenvalue weighted by Gasteiger charge is -1.98. The molecule has 1 heterocycles. The third kappa shape index (κ3) is 1.70. The van der Waals surface area contributed by atoms with Gasteiger partial charge in [0.1, 0.15) is 5.00 Å². The van der Waals surface area contributed by atoms with Crippen LogP contribution in [0.3, 0.4) is 0 Å². The molecule has 0 radical (unpaired) electrons. The van der Waals surface area contributed by atoms with Crippen LogP contribution in [0.25, 0.3) is 0 Å². The molecule has 1 aromatic heterocycles. The van der Waals surface area contributed by atoms with E-state index in [2.05, 4.69) is 10.3 Å². The Morgan fingerprint density at radius 2 is 2.55 bits per heavy atom. The number of nitrogens with two attached hydrogens (primary N) is 1. The van der Waals surface area contributed by atoms with Crippen molar-refractivity contribution < 1.29 is 0 Å². The fourth-order valence-electron chi connectivity index (χ4n) is 0.940. The molecule has 60 valence electrons. The molecule has 2 rings (SSSR count). The Balaban J connectivity index is 1.89. The maximum atomic E-state index is 5.66. The van der Waals surface area contributed by atoms with Gasteiger partial charge in [0, 0.05) is 12.6 Å². The molecule has 0 spiro atoms. The number of hydrogen-bond acceptors (Lipinski definition) is 4. The standard InChI is InChI=1S/C7H11N3S/c8-7-6(10-4-11-7)3-9-5-1-2-5/h4-5,9H,1-3,8H2. The van der Waals surface area contributed by atoms with E-state index in [9.17, 15) is 0 Å². The van der Waals surface area contributed by atoms with E-state index in [0.29, 0.717) is 0 Å². The van der Waals surface area contributed by atoms with Crippen LogP contribution in [0.5, 0.6) is 0 Å². The molecule has 0 amide bonds. The van der Waals surface area contributed by atoms with Gasteiger partial charge in [-0.15, -0.1) is 11.3 Å². The summed E-state index contributed by atoms with van der Waals surface area (Å²) >= 11 is 1.50. The minimum absolute atomic E-state index is 0.732. The van der Waals surface area contributed by atoms with Crippen molar-refractivity contribution in [1.29, 1.82) is 0 Å². The number of nitrogens with zero attached hydrogens (tertiary/aromatic N) is 1. The van der Waals surface area contributed by atoms with Crippen molar-refractivity contribution in [3.05, 3.63) is 11.2 Å². The van der Waals surface area contributed by atoms with Crippen LogP contribution in [-0.2, 0) is 6.54 Å². The van der Waals surface area contributed by atoms with E-state index < -0.39 is 0 Å². The Bertz CT molecular complexity index is 242. The summed E-state index contributed by atoms with van der Waals surface area (Å²) in [5, 5.41) is 4.21. The Morgan fingerprint density at radius 1 is 1.73 bits per heavy atom. The van der Waals surface area contributed by atoms with E-state index in [4.69, 9.17) is 5.73 Å². The fourth-order valence-corrected chi connectivity index (χ4v) is 1.49. The number of nitrogens with one attached hydrogen (secondary N) is 1. The number of rotatable bonds is 3. The molecule has 1 aliphatic rings. The lowest BCUT2D eigenvalue weighted by molar-refractivity contribution is 0.678. The van der Waals surface area contributed by atoms with Gasteiger partial charge in [-0.1, -0.05) is 0 Å². The first-order valence-corrected chi connectivity index (χ1v) is 4.65. The Hall–Kier alpha value is -0.610. The van der Waals surface area contributed by atoms with Gasteiger partial charge in [-0.3, -0.25) is 0 Å². The first-order valence-electron chi connectivity index (χ1n) is 3.77. The van der Waals surface area contributed by atoms with Gasteiger partial charge in [0.05, 0.1) is 11.2 Å². The van der Waals surface area contributed by atoms with Crippen LogP contribution in [0.2, 0.25) is 0 Å². The van der Waals surface area contributed by atoms with Crippen LogP contribution in [0.1, 0.15) is 18.5 Å². The molecule has 1 saturated carbocycles. The van der Waals surface area contributed by atoms with Gasteiger partial charge >= 0.3 is 0 Å². The van der Waals surface area contributed by atoms with E-state index in [-0.39, 0.29) is 0 Å². The zero-order valence-corrected chi connectivity index (χ0v) is 7.03. The van der Waals surface area contributed by atoms with Crippen molar-refractivity contribution in [2.75, 3.05) is 5.73 Å².